The maximum atomic E-state index is 11.5. The van der Waals surface area contributed by atoms with Crippen molar-refractivity contribution in [2.24, 2.45) is 11.7 Å². The first-order valence-electron chi connectivity index (χ1n) is 5.55. The van der Waals surface area contributed by atoms with Gasteiger partial charge in [-0.2, -0.15) is 0 Å². The van der Waals surface area contributed by atoms with Crippen LogP contribution in [-0.4, -0.2) is 12.1 Å². The molecule has 1 aromatic rings. The number of rotatable bonds is 3. The third-order valence-electron chi connectivity index (χ3n) is 2.87. The number of nitrogens with two attached hydrogens (primary N) is 1. The van der Waals surface area contributed by atoms with Gasteiger partial charge in [0.2, 0.25) is 0 Å². The number of carbonyl (C=O) groups is 1. The molecule has 4 heteroatoms. The van der Waals surface area contributed by atoms with Gasteiger partial charge in [-0.1, -0.05) is 19.1 Å². The Bertz CT molecular complexity index is 374. The van der Waals surface area contributed by atoms with E-state index in [9.17, 15) is 4.79 Å². The highest BCUT2D eigenvalue weighted by Gasteiger charge is 2.33. The molecule has 0 heterocycles. The summed E-state index contributed by atoms with van der Waals surface area (Å²) in [7, 11) is 0. The van der Waals surface area contributed by atoms with E-state index >= 15 is 0 Å². The Hall–Kier alpha value is -1.55. The molecule has 86 valence electrons. The van der Waals surface area contributed by atoms with Crippen molar-refractivity contribution in [1.29, 1.82) is 0 Å². The lowest BCUT2D eigenvalue weighted by molar-refractivity contribution is 0.251. The number of benzene rings is 1. The Morgan fingerprint density at radius 2 is 2.06 bits per heavy atom. The highest BCUT2D eigenvalue weighted by molar-refractivity contribution is 5.89. The normalized spacial score (nSPS) is 22.6. The molecule has 1 aromatic carbocycles. The van der Waals surface area contributed by atoms with Crippen LogP contribution in [0.5, 0.6) is 0 Å². The molecule has 1 saturated carbocycles. The maximum Gasteiger partial charge on any atom is 0.319 e. The minimum absolute atomic E-state index is 0.130. The smallest absolute Gasteiger partial charge is 0.319 e. The number of nitrogens with one attached hydrogen (secondary N) is 2. The molecule has 0 bridgehead atoms. The summed E-state index contributed by atoms with van der Waals surface area (Å²) in [6, 6.07) is 7.76. The molecule has 0 aromatic heterocycles. The number of carbonyl (C=O) groups excluding carboxylic acids is 1. The standard InChI is InChI=1S/C12H17N3O/c1-8-6-11(8)15-12(16)14-10-4-2-9(7-13)3-5-10/h2-5,8,11H,6-7,13H2,1H3,(H2,14,15,16). The summed E-state index contributed by atoms with van der Waals surface area (Å²) in [5.74, 6) is 0.616. The number of urea groups is 1. The average molecular weight is 219 g/mol. The molecule has 0 radical (unpaired) electrons. The van der Waals surface area contributed by atoms with E-state index in [1.807, 2.05) is 24.3 Å². The SMILES string of the molecule is CC1CC1NC(=O)Nc1ccc(CN)cc1. The predicted octanol–water partition coefficient (Wildman–Crippen LogP) is 1.68. The second-order valence-corrected chi connectivity index (χ2v) is 4.32. The van der Waals surface area contributed by atoms with Crippen LogP contribution in [-0.2, 0) is 6.54 Å². The molecule has 16 heavy (non-hydrogen) atoms. The summed E-state index contributed by atoms with van der Waals surface area (Å²) in [5.41, 5.74) is 7.34. The lowest BCUT2D eigenvalue weighted by Gasteiger charge is -2.07. The van der Waals surface area contributed by atoms with Crippen LogP contribution in [0.25, 0.3) is 0 Å². The molecule has 1 aliphatic rings. The van der Waals surface area contributed by atoms with E-state index in [1.54, 1.807) is 0 Å². The molecule has 4 nitrogen and oxygen atoms in total. The molecule has 2 amide bonds. The fraction of sp³-hybridized carbons (Fsp3) is 0.417. The average Bonchev–Trinajstić information content (AvgIpc) is 2.95. The number of hydrogen-bond donors (Lipinski definition) is 3. The fourth-order valence-electron chi connectivity index (χ4n) is 1.58. The van der Waals surface area contributed by atoms with E-state index < -0.39 is 0 Å². The van der Waals surface area contributed by atoms with Gasteiger partial charge in [-0.05, 0) is 30.0 Å². The summed E-state index contributed by atoms with van der Waals surface area (Å²) >= 11 is 0. The summed E-state index contributed by atoms with van der Waals surface area (Å²) in [4.78, 5) is 11.5. The van der Waals surface area contributed by atoms with Crippen LogP contribution in [0.1, 0.15) is 18.9 Å². The first-order chi connectivity index (χ1) is 7.69. The second kappa shape index (κ2) is 4.53. The van der Waals surface area contributed by atoms with Crippen molar-refractivity contribution >= 4 is 11.7 Å². The van der Waals surface area contributed by atoms with Crippen molar-refractivity contribution in [3.05, 3.63) is 29.8 Å². The molecule has 0 aliphatic heterocycles. The van der Waals surface area contributed by atoms with Crippen LogP contribution in [0.15, 0.2) is 24.3 Å². The molecule has 2 rings (SSSR count). The molecule has 0 spiro atoms. The number of hydrogen-bond acceptors (Lipinski definition) is 2. The molecule has 2 atom stereocenters. The molecule has 1 fully saturated rings. The minimum atomic E-state index is -0.130. The van der Waals surface area contributed by atoms with Gasteiger partial charge >= 0.3 is 6.03 Å². The van der Waals surface area contributed by atoms with Gasteiger partial charge in [0.05, 0.1) is 0 Å². The van der Waals surface area contributed by atoms with E-state index in [1.165, 1.54) is 0 Å². The van der Waals surface area contributed by atoms with Crippen LogP contribution in [0.3, 0.4) is 0 Å². The van der Waals surface area contributed by atoms with E-state index in [-0.39, 0.29) is 6.03 Å². The van der Waals surface area contributed by atoms with Crippen LogP contribution in [0.4, 0.5) is 10.5 Å². The zero-order valence-electron chi connectivity index (χ0n) is 9.36. The van der Waals surface area contributed by atoms with Crippen molar-refractivity contribution in [3.8, 4) is 0 Å². The third kappa shape index (κ3) is 2.73. The fourth-order valence-corrected chi connectivity index (χ4v) is 1.58. The third-order valence-corrected chi connectivity index (χ3v) is 2.87. The van der Waals surface area contributed by atoms with Crippen molar-refractivity contribution in [1.82, 2.24) is 5.32 Å². The Balaban J connectivity index is 1.85. The Kier molecular flexibility index (Phi) is 3.10. The molecular weight excluding hydrogens is 202 g/mol. The van der Waals surface area contributed by atoms with Gasteiger partial charge in [-0.3, -0.25) is 0 Å². The van der Waals surface area contributed by atoms with Gasteiger partial charge < -0.3 is 16.4 Å². The largest absolute Gasteiger partial charge is 0.335 e. The highest BCUT2D eigenvalue weighted by Crippen LogP contribution is 2.28. The van der Waals surface area contributed by atoms with Crippen molar-refractivity contribution in [3.63, 3.8) is 0 Å². The van der Waals surface area contributed by atoms with Crippen molar-refractivity contribution < 1.29 is 4.79 Å². The van der Waals surface area contributed by atoms with Crippen LogP contribution in [0, 0.1) is 5.92 Å². The maximum absolute atomic E-state index is 11.5. The molecule has 0 saturated heterocycles. The minimum Gasteiger partial charge on any atom is -0.335 e. The Labute approximate surface area is 95.2 Å². The van der Waals surface area contributed by atoms with Gasteiger partial charge in [0.1, 0.15) is 0 Å². The van der Waals surface area contributed by atoms with E-state index in [0.717, 1.165) is 17.7 Å². The van der Waals surface area contributed by atoms with Gasteiger partial charge in [-0.15, -0.1) is 0 Å². The Morgan fingerprint density at radius 3 is 2.56 bits per heavy atom. The lowest BCUT2D eigenvalue weighted by atomic mass is 10.2. The number of anilines is 1. The summed E-state index contributed by atoms with van der Waals surface area (Å²) in [5, 5.41) is 5.70. The summed E-state index contributed by atoms with van der Waals surface area (Å²) in [6.07, 6.45) is 1.08. The van der Waals surface area contributed by atoms with Crippen LogP contribution in [0.2, 0.25) is 0 Å². The van der Waals surface area contributed by atoms with Crippen LogP contribution >= 0.6 is 0 Å². The molecule has 1 aliphatic carbocycles. The van der Waals surface area contributed by atoms with Gasteiger partial charge in [0.15, 0.2) is 0 Å². The summed E-state index contributed by atoms with van der Waals surface area (Å²) in [6.45, 7) is 2.65. The van der Waals surface area contributed by atoms with Crippen molar-refractivity contribution in [2.45, 2.75) is 25.9 Å². The van der Waals surface area contributed by atoms with E-state index in [2.05, 4.69) is 17.6 Å². The Morgan fingerprint density at radius 1 is 1.44 bits per heavy atom. The molecular formula is C12H17N3O. The first kappa shape index (κ1) is 11.0. The van der Waals surface area contributed by atoms with E-state index in [0.29, 0.717) is 18.5 Å². The zero-order valence-corrected chi connectivity index (χ0v) is 9.36. The highest BCUT2D eigenvalue weighted by atomic mass is 16.2. The lowest BCUT2D eigenvalue weighted by Crippen LogP contribution is -2.31. The number of amides is 2. The second-order valence-electron chi connectivity index (χ2n) is 4.32. The van der Waals surface area contributed by atoms with Gasteiger partial charge in [0.25, 0.3) is 0 Å². The predicted molar refractivity (Wildman–Crippen MR) is 64.1 cm³/mol. The van der Waals surface area contributed by atoms with Crippen LogP contribution < -0.4 is 16.4 Å². The molecule has 4 N–H and O–H groups in total. The van der Waals surface area contributed by atoms with Gasteiger partial charge in [0, 0.05) is 18.3 Å². The van der Waals surface area contributed by atoms with Gasteiger partial charge in [-0.25, -0.2) is 4.79 Å². The van der Waals surface area contributed by atoms with E-state index in [4.69, 9.17) is 5.73 Å². The van der Waals surface area contributed by atoms with Crippen molar-refractivity contribution in [2.75, 3.05) is 5.32 Å². The summed E-state index contributed by atoms with van der Waals surface area (Å²) < 4.78 is 0. The quantitative estimate of drug-likeness (QED) is 0.724. The molecule has 2 unspecified atom stereocenters. The first-order valence-corrected chi connectivity index (χ1v) is 5.55. The zero-order chi connectivity index (χ0) is 11.5. The topological polar surface area (TPSA) is 67.2 Å². The monoisotopic (exact) mass is 219 g/mol.